The Labute approximate surface area is 159 Å². The maximum atomic E-state index is 11.7. The van der Waals surface area contributed by atoms with Crippen LogP contribution in [0.15, 0.2) is 48.8 Å². The summed E-state index contributed by atoms with van der Waals surface area (Å²) in [6, 6.07) is 11.9. The number of hydrogen-bond acceptors (Lipinski definition) is 7. The van der Waals surface area contributed by atoms with Crippen molar-refractivity contribution in [3.63, 3.8) is 0 Å². The number of nitrogens with one attached hydrogen (secondary N) is 1. The third-order valence-corrected chi connectivity index (χ3v) is 3.92. The van der Waals surface area contributed by atoms with Crippen molar-refractivity contribution in [3.8, 4) is 17.4 Å². The topological polar surface area (TPSA) is 99.4 Å². The number of halogens is 1. The smallest absolute Gasteiger partial charge is 0.373 e. The first-order valence-corrected chi connectivity index (χ1v) is 8.21. The number of aryl methyl sites for hydroxylation is 1. The minimum atomic E-state index is -0.599. The second kappa shape index (κ2) is 7.88. The van der Waals surface area contributed by atoms with E-state index in [1.807, 2.05) is 6.92 Å². The van der Waals surface area contributed by atoms with Gasteiger partial charge in [0.1, 0.15) is 6.33 Å². The first-order chi connectivity index (χ1) is 13.0. The van der Waals surface area contributed by atoms with E-state index >= 15 is 0 Å². The lowest BCUT2D eigenvalue weighted by Gasteiger charge is -2.12. The first-order valence-electron chi connectivity index (χ1n) is 7.83. The van der Waals surface area contributed by atoms with Crippen molar-refractivity contribution in [2.45, 2.75) is 6.92 Å². The number of aromatic nitrogens is 2. The molecular weight excluding hydrogens is 372 g/mol. The van der Waals surface area contributed by atoms with E-state index in [4.69, 9.17) is 21.1 Å². The fourth-order valence-corrected chi connectivity index (χ4v) is 2.62. The summed E-state index contributed by atoms with van der Waals surface area (Å²) in [4.78, 5) is 19.0. The van der Waals surface area contributed by atoms with Crippen LogP contribution < -0.4 is 14.8 Å². The van der Waals surface area contributed by atoms with Gasteiger partial charge in [0.15, 0.2) is 11.5 Å². The molecule has 0 aliphatic carbocycles. The van der Waals surface area contributed by atoms with Crippen molar-refractivity contribution in [1.29, 1.82) is 0 Å². The molecule has 0 saturated carbocycles. The van der Waals surface area contributed by atoms with E-state index in [1.165, 1.54) is 13.4 Å². The molecule has 0 fully saturated rings. The second-order valence-corrected chi connectivity index (χ2v) is 5.91. The molecule has 3 aromatic rings. The molecule has 0 aliphatic heterocycles. The van der Waals surface area contributed by atoms with Crippen molar-refractivity contribution in [3.05, 3.63) is 69.5 Å². The van der Waals surface area contributed by atoms with Crippen molar-refractivity contribution in [1.82, 2.24) is 9.97 Å². The van der Waals surface area contributed by atoms with Gasteiger partial charge in [0.25, 0.3) is 0 Å². The van der Waals surface area contributed by atoms with E-state index in [0.29, 0.717) is 22.2 Å². The van der Waals surface area contributed by atoms with Gasteiger partial charge < -0.3 is 14.8 Å². The predicted molar refractivity (Wildman–Crippen MR) is 101 cm³/mol. The molecule has 27 heavy (non-hydrogen) atoms. The van der Waals surface area contributed by atoms with Crippen LogP contribution in [0.3, 0.4) is 0 Å². The minimum absolute atomic E-state index is 0.00493. The normalized spacial score (nSPS) is 10.3. The van der Waals surface area contributed by atoms with Crippen LogP contribution in [0.2, 0.25) is 5.02 Å². The number of rotatable bonds is 6. The number of anilines is 2. The molecule has 1 N–H and O–H groups in total. The molecule has 8 nitrogen and oxygen atoms in total. The van der Waals surface area contributed by atoms with E-state index < -0.39 is 10.6 Å². The second-order valence-electron chi connectivity index (χ2n) is 5.47. The van der Waals surface area contributed by atoms with Gasteiger partial charge >= 0.3 is 11.6 Å². The number of para-hydroxylation sites is 2. The molecule has 1 aromatic heterocycles. The van der Waals surface area contributed by atoms with Crippen LogP contribution in [0.1, 0.15) is 5.56 Å². The standard InChI is InChI=1S/C18H15ClN4O4/c1-11-9-12(19)7-8-13(11)22-17-16(23(24)25)18(21-10-20-17)27-15-6-4-3-5-14(15)26-2/h3-10H,1-2H3,(H,20,21,22). The summed E-state index contributed by atoms with van der Waals surface area (Å²) >= 11 is 5.95. The van der Waals surface area contributed by atoms with Crippen molar-refractivity contribution >= 4 is 28.8 Å². The maximum absolute atomic E-state index is 11.7. The van der Waals surface area contributed by atoms with Gasteiger partial charge in [-0.2, -0.15) is 4.98 Å². The quantitative estimate of drug-likeness (QED) is 0.475. The van der Waals surface area contributed by atoms with Gasteiger partial charge in [-0.25, -0.2) is 4.98 Å². The lowest BCUT2D eigenvalue weighted by molar-refractivity contribution is -0.385. The Hall–Kier alpha value is -3.39. The summed E-state index contributed by atoms with van der Waals surface area (Å²) in [6.07, 6.45) is 1.19. The summed E-state index contributed by atoms with van der Waals surface area (Å²) in [6.45, 7) is 1.83. The fourth-order valence-electron chi connectivity index (χ4n) is 2.40. The van der Waals surface area contributed by atoms with Gasteiger partial charge in [-0.15, -0.1) is 0 Å². The van der Waals surface area contributed by atoms with E-state index in [-0.39, 0.29) is 11.7 Å². The molecule has 1 heterocycles. The molecule has 0 unspecified atom stereocenters. The number of hydrogen-bond donors (Lipinski definition) is 1. The lowest BCUT2D eigenvalue weighted by Crippen LogP contribution is -2.04. The molecule has 0 aliphatic rings. The molecule has 138 valence electrons. The van der Waals surface area contributed by atoms with Crippen LogP contribution in [0.5, 0.6) is 17.4 Å². The highest BCUT2D eigenvalue weighted by Crippen LogP contribution is 2.38. The summed E-state index contributed by atoms with van der Waals surface area (Å²) in [5, 5.41) is 15.2. The summed E-state index contributed by atoms with van der Waals surface area (Å²) in [5.41, 5.74) is 1.05. The Bertz CT molecular complexity index is 997. The van der Waals surface area contributed by atoms with Crippen LogP contribution in [-0.4, -0.2) is 22.0 Å². The highest BCUT2D eigenvalue weighted by atomic mass is 35.5. The van der Waals surface area contributed by atoms with Crippen LogP contribution >= 0.6 is 11.6 Å². The molecule has 0 amide bonds. The zero-order valence-electron chi connectivity index (χ0n) is 14.5. The van der Waals surface area contributed by atoms with Gasteiger partial charge in [-0.3, -0.25) is 10.1 Å². The third-order valence-electron chi connectivity index (χ3n) is 3.69. The van der Waals surface area contributed by atoms with Crippen LogP contribution in [0.4, 0.5) is 17.2 Å². The van der Waals surface area contributed by atoms with Crippen molar-refractivity contribution in [2.75, 3.05) is 12.4 Å². The number of nitro groups is 1. The minimum Gasteiger partial charge on any atom is -0.493 e. The monoisotopic (exact) mass is 386 g/mol. The zero-order valence-corrected chi connectivity index (χ0v) is 15.2. The molecule has 0 saturated heterocycles. The third kappa shape index (κ3) is 4.06. The molecule has 0 atom stereocenters. The number of benzene rings is 2. The van der Waals surface area contributed by atoms with E-state index in [9.17, 15) is 10.1 Å². The SMILES string of the molecule is COc1ccccc1Oc1ncnc(Nc2ccc(Cl)cc2C)c1[N+](=O)[O-]. The Kier molecular flexibility index (Phi) is 5.37. The molecular formula is C18H15ClN4O4. The summed E-state index contributed by atoms with van der Waals surface area (Å²) in [5.74, 6) is 0.530. The first kappa shape index (κ1) is 18.4. The zero-order chi connectivity index (χ0) is 19.4. The predicted octanol–water partition coefficient (Wildman–Crippen LogP) is 4.89. The Morgan fingerprint density at radius 2 is 1.89 bits per heavy atom. The fraction of sp³-hybridized carbons (Fsp3) is 0.111. The summed E-state index contributed by atoms with van der Waals surface area (Å²) in [7, 11) is 1.48. The van der Waals surface area contributed by atoms with Crippen LogP contribution in [0, 0.1) is 17.0 Å². The van der Waals surface area contributed by atoms with Crippen molar-refractivity contribution in [2.24, 2.45) is 0 Å². The lowest BCUT2D eigenvalue weighted by atomic mass is 10.2. The average molecular weight is 387 g/mol. The molecule has 0 bridgehead atoms. The summed E-state index contributed by atoms with van der Waals surface area (Å²) < 4.78 is 10.8. The van der Waals surface area contributed by atoms with Gasteiger partial charge in [0.2, 0.25) is 5.82 Å². The number of nitrogens with zero attached hydrogens (tertiary/aromatic N) is 3. The van der Waals surface area contributed by atoms with Gasteiger partial charge in [0.05, 0.1) is 12.0 Å². The number of methoxy groups -OCH3 is 1. The molecule has 0 radical (unpaired) electrons. The van der Waals surface area contributed by atoms with Crippen molar-refractivity contribution < 1.29 is 14.4 Å². The van der Waals surface area contributed by atoms with Gasteiger partial charge in [-0.1, -0.05) is 23.7 Å². The maximum Gasteiger partial charge on any atom is 0.373 e. The van der Waals surface area contributed by atoms with E-state index in [0.717, 1.165) is 5.56 Å². The molecule has 3 rings (SSSR count). The molecule has 0 spiro atoms. The molecule has 2 aromatic carbocycles. The largest absolute Gasteiger partial charge is 0.493 e. The Morgan fingerprint density at radius 3 is 2.56 bits per heavy atom. The van der Waals surface area contributed by atoms with Crippen LogP contribution in [-0.2, 0) is 0 Å². The van der Waals surface area contributed by atoms with Gasteiger partial charge in [-0.05, 0) is 42.8 Å². The average Bonchev–Trinajstić information content (AvgIpc) is 2.64. The Balaban J connectivity index is 2.01. The van der Waals surface area contributed by atoms with E-state index in [2.05, 4.69) is 15.3 Å². The van der Waals surface area contributed by atoms with Crippen LogP contribution in [0.25, 0.3) is 0 Å². The Morgan fingerprint density at radius 1 is 1.15 bits per heavy atom. The van der Waals surface area contributed by atoms with Gasteiger partial charge in [0, 0.05) is 10.7 Å². The molecule has 9 heteroatoms. The highest BCUT2D eigenvalue weighted by molar-refractivity contribution is 6.30. The number of ether oxygens (including phenoxy) is 2. The van der Waals surface area contributed by atoms with E-state index in [1.54, 1.807) is 42.5 Å². The highest BCUT2D eigenvalue weighted by Gasteiger charge is 2.26.